The Kier molecular flexibility index (Phi) is 2.88. The lowest BCUT2D eigenvalue weighted by Crippen LogP contribution is -2.47. The lowest BCUT2D eigenvalue weighted by atomic mass is 9.83. The summed E-state index contributed by atoms with van der Waals surface area (Å²) in [6.07, 6.45) is 7.70. The number of nitrogens with zero attached hydrogens (tertiary/aromatic N) is 1. The molecule has 0 spiro atoms. The van der Waals surface area contributed by atoms with E-state index < -0.39 is 6.04 Å². The summed E-state index contributed by atoms with van der Waals surface area (Å²) in [5.41, 5.74) is 1.19. The quantitative estimate of drug-likeness (QED) is 0.658. The molecule has 1 heterocycles. The van der Waals surface area contributed by atoms with Gasteiger partial charge in [-0.15, -0.1) is 0 Å². The fraction of sp³-hybridized carbons (Fsp3) is 0.545. The van der Waals surface area contributed by atoms with E-state index in [0.29, 0.717) is 18.9 Å². The zero-order chi connectivity index (χ0) is 10.8. The first-order chi connectivity index (χ1) is 7.22. The summed E-state index contributed by atoms with van der Waals surface area (Å²) in [6.45, 7) is 0.439. The molecule has 2 rings (SSSR count). The average Bonchev–Trinajstić information content (AvgIpc) is 2.27. The van der Waals surface area contributed by atoms with E-state index in [1.165, 1.54) is 12.7 Å². The number of piperidine rings is 1. The van der Waals surface area contributed by atoms with E-state index in [4.69, 9.17) is 0 Å². The monoisotopic (exact) mass is 209 g/mol. The predicted molar refractivity (Wildman–Crippen MR) is 54.2 cm³/mol. The van der Waals surface area contributed by atoms with Crippen molar-refractivity contribution in [2.45, 2.75) is 18.9 Å². The summed E-state index contributed by atoms with van der Waals surface area (Å²) in [4.78, 5) is 11.4. The first-order valence-corrected chi connectivity index (χ1v) is 5.11. The minimum absolute atomic E-state index is 0.355. The summed E-state index contributed by atoms with van der Waals surface area (Å²) >= 11 is 0. The van der Waals surface area contributed by atoms with Crippen LogP contribution in [0.5, 0.6) is 0 Å². The molecule has 15 heavy (non-hydrogen) atoms. The maximum absolute atomic E-state index is 11.4. The molecule has 1 saturated heterocycles. The van der Waals surface area contributed by atoms with Crippen molar-refractivity contribution in [1.29, 1.82) is 0 Å². The van der Waals surface area contributed by atoms with Crippen molar-refractivity contribution >= 4 is 5.97 Å². The van der Waals surface area contributed by atoms with Crippen LogP contribution < -0.4 is 0 Å². The third-order valence-corrected chi connectivity index (χ3v) is 3.08. The number of allylic oxidation sites excluding steroid dienone is 3. The van der Waals surface area contributed by atoms with Crippen molar-refractivity contribution in [2.24, 2.45) is 5.92 Å². The number of esters is 1. The number of ether oxygens (including phenoxy) is 1. The van der Waals surface area contributed by atoms with Crippen molar-refractivity contribution in [3.63, 3.8) is 0 Å². The fourth-order valence-corrected chi connectivity index (χ4v) is 2.19. The van der Waals surface area contributed by atoms with Crippen LogP contribution >= 0.6 is 0 Å². The third-order valence-electron chi connectivity index (χ3n) is 3.08. The lowest BCUT2D eigenvalue weighted by molar-refractivity contribution is -0.177. The maximum atomic E-state index is 11.4. The van der Waals surface area contributed by atoms with Crippen LogP contribution in [-0.4, -0.2) is 35.9 Å². The standard InChI is InChI=1S/C11H15NO3/c1-15-11(13)10-6-8-4-2-3-5-9(8)7-12(10)14/h2-3,5,8,10,14H,4,6-7H2,1H3. The third kappa shape index (κ3) is 1.96. The van der Waals surface area contributed by atoms with Gasteiger partial charge in [0.1, 0.15) is 6.04 Å². The Labute approximate surface area is 88.8 Å². The number of carbonyl (C=O) groups excluding carboxylic acids is 1. The second-order valence-corrected chi connectivity index (χ2v) is 3.97. The van der Waals surface area contributed by atoms with E-state index in [-0.39, 0.29) is 5.97 Å². The average molecular weight is 209 g/mol. The van der Waals surface area contributed by atoms with E-state index in [0.717, 1.165) is 11.5 Å². The molecule has 1 fully saturated rings. The first-order valence-electron chi connectivity index (χ1n) is 5.11. The molecular formula is C11H15NO3. The number of carbonyl (C=O) groups is 1. The first kappa shape index (κ1) is 10.4. The van der Waals surface area contributed by atoms with Crippen LogP contribution in [0.4, 0.5) is 0 Å². The highest BCUT2D eigenvalue weighted by molar-refractivity contribution is 5.75. The van der Waals surface area contributed by atoms with Gasteiger partial charge >= 0.3 is 5.97 Å². The molecule has 82 valence electrons. The number of fused-ring (bicyclic) bond motifs is 1. The number of hydrogen-bond donors (Lipinski definition) is 1. The second-order valence-electron chi connectivity index (χ2n) is 3.97. The van der Waals surface area contributed by atoms with E-state index >= 15 is 0 Å². The van der Waals surface area contributed by atoms with Gasteiger partial charge in [-0.05, 0) is 18.8 Å². The minimum atomic E-state index is -0.511. The van der Waals surface area contributed by atoms with Gasteiger partial charge in [0.2, 0.25) is 0 Å². The fourth-order valence-electron chi connectivity index (χ4n) is 2.19. The highest BCUT2D eigenvalue weighted by Gasteiger charge is 2.35. The summed E-state index contributed by atoms with van der Waals surface area (Å²) in [7, 11) is 1.35. The summed E-state index contributed by atoms with van der Waals surface area (Å²) in [6, 6.07) is -0.511. The molecule has 2 atom stereocenters. The van der Waals surface area contributed by atoms with Crippen molar-refractivity contribution in [2.75, 3.05) is 13.7 Å². The molecular weight excluding hydrogens is 194 g/mol. The molecule has 2 unspecified atom stereocenters. The van der Waals surface area contributed by atoms with Crippen LogP contribution in [0, 0.1) is 5.92 Å². The molecule has 0 radical (unpaired) electrons. The molecule has 0 aromatic carbocycles. The highest BCUT2D eigenvalue weighted by atomic mass is 16.5. The van der Waals surface area contributed by atoms with Gasteiger partial charge in [-0.3, -0.25) is 4.79 Å². The van der Waals surface area contributed by atoms with Crippen LogP contribution in [0.3, 0.4) is 0 Å². The number of hydroxylamine groups is 2. The van der Waals surface area contributed by atoms with Crippen LogP contribution in [0.25, 0.3) is 0 Å². The Hall–Kier alpha value is -1.13. The van der Waals surface area contributed by atoms with E-state index in [1.807, 2.05) is 12.2 Å². The summed E-state index contributed by atoms with van der Waals surface area (Å²) < 4.78 is 4.66. The molecule has 0 bridgehead atoms. The molecule has 0 aromatic rings. The highest BCUT2D eigenvalue weighted by Crippen LogP contribution is 2.31. The normalized spacial score (nSPS) is 30.7. The van der Waals surface area contributed by atoms with E-state index in [9.17, 15) is 10.0 Å². The molecule has 4 heteroatoms. The van der Waals surface area contributed by atoms with Gasteiger partial charge < -0.3 is 9.94 Å². The van der Waals surface area contributed by atoms with Crippen LogP contribution in [0.2, 0.25) is 0 Å². The molecule has 0 amide bonds. The molecule has 1 N–H and O–H groups in total. The Balaban J connectivity index is 2.11. The summed E-state index contributed by atoms with van der Waals surface area (Å²) in [5, 5.41) is 10.8. The van der Waals surface area contributed by atoms with Gasteiger partial charge in [-0.25, -0.2) is 0 Å². The Morgan fingerprint density at radius 3 is 3.20 bits per heavy atom. The predicted octanol–water partition coefficient (Wildman–Crippen LogP) is 1.13. The topological polar surface area (TPSA) is 49.8 Å². The van der Waals surface area contributed by atoms with Crippen LogP contribution in [-0.2, 0) is 9.53 Å². The lowest BCUT2D eigenvalue weighted by Gasteiger charge is -2.36. The van der Waals surface area contributed by atoms with Crippen molar-refractivity contribution < 1.29 is 14.7 Å². The molecule has 1 aliphatic heterocycles. The SMILES string of the molecule is COC(=O)C1CC2CC=CC=C2CN1O. The molecule has 0 saturated carbocycles. The smallest absolute Gasteiger partial charge is 0.325 e. The number of rotatable bonds is 1. The zero-order valence-electron chi connectivity index (χ0n) is 8.72. The largest absolute Gasteiger partial charge is 0.468 e. The van der Waals surface area contributed by atoms with Crippen molar-refractivity contribution in [3.05, 3.63) is 23.8 Å². The Morgan fingerprint density at radius 2 is 2.47 bits per heavy atom. The van der Waals surface area contributed by atoms with E-state index in [2.05, 4.69) is 10.8 Å². The second kappa shape index (κ2) is 4.16. The van der Waals surface area contributed by atoms with Crippen molar-refractivity contribution in [1.82, 2.24) is 5.06 Å². The van der Waals surface area contributed by atoms with Crippen LogP contribution in [0.1, 0.15) is 12.8 Å². The molecule has 4 nitrogen and oxygen atoms in total. The molecule has 1 aliphatic carbocycles. The Morgan fingerprint density at radius 1 is 1.67 bits per heavy atom. The van der Waals surface area contributed by atoms with Gasteiger partial charge in [-0.2, -0.15) is 5.06 Å². The maximum Gasteiger partial charge on any atom is 0.325 e. The number of methoxy groups -OCH3 is 1. The molecule has 0 aromatic heterocycles. The zero-order valence-corrected chi connectivity index (χ0v) is 8.72. The van der Waals surface area contributed by atoms with Crippen LogP contribution in [0.15, 0.2) is 23.8 Å². The van der Waals surface area contributed by atoms with E-state index in [1.54, 1.807) is 0 Å². The van der Waals surface area contributed by atoms with Gasteiger partial charge in [0.15, 0.2) is 0 Å². The molecule has 2 aliphatic rings. The number of hydrogen-bond acceptors (Lipinski definition) is 4. The van der Waals surface area contributed by atoms with Gasteiger partial charge in [0.25, 0.3) is 0 Å². The Bertz CT molecular complexity index is 322. The van der Waals surface area contributed by atoms with Gasteiger partial charge in [-0.1, -0.05) is 23.8 Å². The van der Waals surface area contributed by atoms with Gasteiger partial charge in [0.05, 0.1) is 7.11 Å². The summed E-state index contributed by atoms with van der Waals surface area (Å²) in [5.74, 6) is 0.0219. The van der Waals surface area contributed by atoms with Crippen molar-refractivity contribution in [3.8, 4) is 0 Å². The minimum Gasteiger partial charge on any atom is -0.468 e. The van der Waals surface area contributed by atoms with Gasteiger partial charge in [0, 0.05) is 6.54 Å².